The third-order valence-corrected chi connectivity index (χ3v) is 6.16. The Morgan fingerprint density at radius 3 is 2.48 bits per heavy atom. The highest BCUT2D eigenvalue weighted by Crippen LogP contribution is 2.36. The van der Waals surface area contributed by atoms with Crippen LogP contribution in [0.25, 0.3) is 33.7 Å². The van der Waals surface area contributed by atoms with E-state index in [-0.39, 0.29) is 11.9 Å². The minimum atomic E-state index is -0.0236. The van der Waals surface area contributed by atoms with Crippen molar-refractivity contribution in [3.8, 4) is 22.6 Å². The number of likely N-dealkylation sites (tertiary alicyclic amines) is 1. The lowest BCUT2D eigenvalue weighted by Crippen LogP contribution is -2.43. The fourth-order valence-corrected chi connectivity index (χ4v) is 4.46. The Balaban J connectivity index is 1.59. The first-order valence-corrected chi connectivity index (χ1v) is 10.8. The van der Waals surface area contributed by atoms with Crippen LogP contribution in [0, 0.1) is 6.92 Å². The molecule has 0 spiro atoms. The molecule has 6 nitrogen and oxygen atoms in total. The van der Waals surface area contributed by atoms with Gasteiger partial charge in [0.2, 0.25) is 0 Å². The number of imidazole rings is 1. The highest BCUT2D eigenvalue weighted by molar-refractivity contribution is 6.06. The molecule has 1 aliphatic rings. The quantitative estimate of drug-likeness (QED) is 0.465. The number of carbonyl (C=O) groups is 1. The van der Waals surface area contributed by atoms with E-state index in [2.05, 4.69) is 27.2 Å². The van der Waals surface area contributed by atoms with Crippen LogP contribution >= 0.6 is 0 Å². The Morgan fingerprint density at radius 2 is 1.74 bits per heavy atom. The molecule has 6 heteroatoms. The first kappa shape index (κ1) is 19.6. The summed E-state index contributed by atoms with van der Waals surface area (Å²) < 4.78 is 0. The average molecular weight is 414 g/mol. The van der Waals surface area contributed by atoms with Crippen LogP contribution in [0.1, 0.15) is 28.9 Å². The third-order valence-electron chi connectivity index (χ3n) is 6.16. The van der Waals surface area contributed by atoms with Gasteiger partial charge in [0.15, 0.2) is 5.82 Å². The minimum Gasteiger partial charge on any atom is -0.355 e. The molecule has 2 aromatic heterocycles. The van der Waals surface area contributed by atoms with E-state index in [0.717, 1.165) is 65.3 Å². The number of amides is 1. The summed E-state index contributed by atoms with van der Waals surface area (Å²) in [5.74, 6) is 0.714. The summed E-state index contributed by atoms with van der Waals surface area (Å²) in [4.78, 5) is 27.4. The molecule has 1 saturated heterocycles. The third kappa shape index (κ3) is 3.75. The van der Waals surface area contributed by atoms with Crippen molar-refractivity contribution in [1.29, 1.82) is 0 Å². The number of H-pyrrole nitrogens is 2. The van der Waals surface area contributed by atoms with Crippen LogP contribution in [0.2, 0.25) is 0 Å². The van der Waals surface area contributed by atoms with E-state index >= 15 is 0 Å². The molecule has 158 valence electrons. The second-order valence-corrected chi connectivity index (χ2v) is 8.39. The Kier molecular flexibility index (Phi) is 5.08. The Labute approximate surface area is 181 Å². The van der Waals surface area contributed by atoms with E-state index < -0.39 is 0 Å². The summed E-state index contributed by atoms with van der Waals surface area (Å²) in [6.45, 7) is 3.97. The van der Waals surface area contributed by atoms with E-state index in [1.54, 1.807) is 0 Å². The predicted molar refractivity (Wildman–Crippen MR) is 124 cm³/mol. The van der Waals surface area contributed by atoms with E-state index in [0.29, 0.717) is 5.56 Å². The predicted octanol–water partition coefficient (Wildman–Crippen LogP) is 4.36. The fourth-order valence-electron chi connectivity index (χ4n) is 4.46. The summed E-state index contributed by atoms with van der Waals surface area (Å²) in [5, 5.41) is 3.28. The lowest BCUT2D eigenvalue weighted by molar-refractivity contribution is 0.0917. The van der Waals surface area contributed by atoms with Crippen LogP contribution in [-0.2, 0) is 0 Å². The molecule has 1 amide bonds. The summed E-state index contributed by atoms with van der Waals surface area (Å²) in [6, 6.07) is 18.2. The molecule has 0 radical (unpaired) electrons. The van der Waals surface area contributed by atoms with Gasteiger partial charge in [-0.3, -0.25) is 4.79 Å². The topological polar surface area (TPSA) is 76.8 Å². The highest BCUT2D eigenvalue weighted by Gasteiger charge is 2.27. The maximum atomic E-state index is 13.5. The molecule has 0 atom stereocenters. The summed E-state index contributed by atoms with van der Waals surface area (Å²) in [6.07, 6.45) is 1.95. The van der Waals surface area contributed by atoms with Gasteiger partial charge in [-0.1, -0.05) is 42.5 Å². The van der Waals surface area contributed by atoms with Crippen molar-refractivity contribution in [3.63, 3.8) is 0 Å². The molecular formula is C25H27N5O. The lowest BCUT2D eigenvalue weighted by Gasteiger charge is -2.29. The highest BCUT2D eigenvalue weighted by atomic mass is 16.1. The number of para-hydroxylation sites is 2. The van der Waals surface area contributed by atoms with Gasteiger partial charge in [0.1, 0.15) is 0 Å². The van der Waals surface area contributed by atoms with Crippen molar-refractivity contribution in [3.05, 3.63) is 65.9 Å². The Morgan fingerprint density at radius 1 is 1.03 bits per heavy atom. The standard InChI is InChI=1S/C25H27N5O/c1-16-21(25(31)27-18-12-14-30(2)15-13-18)22(17-8-4-3-5-9-17)23(26-16)24-28-19-10-6-7-11-20(19)29-24/h3-11,18,26H,12-15H2,1-2H3,(H,27,31)(H,28,29). The first-order valence-electron chi connectivity index (χ1n) is 10.8. The van der Waals surface area contributed by atoms with Crippen LogP contribution in [0.4, 0.5) is 0 Å². The number of aryl methyl sites for hydroxylation is 1. The number of nitrogens with zero attached hydrogens (tertiary/aromatic N) is 2. The number of fused-ring (bicyclic) bond motifs is 1. The van der Waals surface area contributed by atoms with Gasteiger partial charge in [0.25, 0.3) is 5.91 Å². The van der Waals surface area contributed by atoms with Crippen molar-refractivity contribution in [2.24, 2.45) is 0 Å². The van der Waals surface area contributed by atoms with Crippen molar-refractivity contribution in [2.45, 2.75) is 25.8 Å². The molecule has 4 aromatic rings. The van der Waals surface area contributed by atoms with Crippen LogP contribution in [-0.4, -0.2) is 51.9 Å². The monoisotopic (exact) mass is 413 g/mol. The number of aromatic nitrogens is 3. The number of benzene rings is 2. The van der Waals surface area contributed by atoms with Gasteiger partial charge in [0.05, 0.1) is 22.3 Å². The zero-order chi connectivity index (χ0) is 21.4. The molecule has 1 fully saturated rings. The molecule has 31 heavy (non-hydrogen) atoms. The van der Waals surface area contributed by atoms with Gasteiger partial charge < -0.3 is 20.2 Å². The maximum absolute atomic E-state index is 13.5. The number of piperidine rings is 1. The lowest BCUT2D eigenvalue weighted by atomic mass is 9.98. The summed E-state index contributed by atoms with van der Waals surface area (Å²) in [5.41, 5.74) is 6.15. The van der Waals surface area contributed by atoms with Gasteiger partial charge in [-0.15, -0.1) is 0 Å². The number of carbonyl (C=O) groups excluding carboxylic acids is 1. The Bertz CT molecular complexity index is 1180. The van der Waals surface area contributed by atoms with Gasteiger partial charge in [0, 0.05) is 17.3 Å². The smallest absolute Gasteiger partial charge is 0.253 e. The molecule has 5 rings (SSSR count). The van der Waals surface area contributed by atoms with E-state index in [1.807, 2.05) is 61.5 Å². The summed E-state index contributed by atoms with van der Waals surface area (Å²) >= 11 is 0. The first-order chi connectivity index (χ1) is 15.1. The fraction of sp³-hybridized carbons (Fsp3) is 0.280. The molecule has 0 bridgehead atoms. The molecule has 0 saturated carbocycles. The number of hydrogen-bond donors (Lipinski definition) is 3. The van der Waals surface area contributed by atoms with Gasteiger partial charge in [-0.25, -0.2) is 4.98 Å². The molecule has 2 aromatic carbocycles. The number of nitrogens with one attached hydrogen (secondary N) is 3. The van der Waals surface area contributed by atoms with Gasteiger partial charge in [-0.2, -0.15) is 0 Å². The largest absolute Gasteiger partial charge is 0.355 e. The van der Waals surface area contributed by atoms with E-state index in [9.17, 15) is 4.79 Å². The van der Waals surface area contributed by atoms with Crippen molar-refractivity contribution in [1.82, 2.24) is 25.2 Å². The minimum absolute atomic E-state index is 0.0236. The molecule has 0 aliphatic carbocycles. The number of hydrogen-bond acceptors (Lipinski definition) is 3. The molecule has 0 unspecified atom stereocenters. The zero-order valence-corrected chi connectivity index (χ0v) is 17.9. The Hall–Kier alpha value is -3.38. The van der Waals surface area contributed by atoms with Crippen LogP contribution in [0.5, 0.6) is 0 Å². The second-order valence-electron chi connectivity index (χ2n) is 8.39. The normalized spacial score (nSPS) is 15.4. The van der Waals surface area contributed by atoms with Gasteiger partial charge >= 0.3 is 0 Å². The van der Waals surface area contributed by atoms with Gasteiger partial charge in [-0.05, 0) is 57.6 Å². The summed E-state index contributed by atoms with van der Waals surface area (Å²) in [7, 11) is 2.13. The van der Waals surface area contributed by atoms with Crippen molar-refractivity contribution >= 4 is 16.9 Å². The van der Waals surface area contributed by atoms with E-state index in [4.69, 9.17) is 4.98 Å². The van der Waals surface area contributed by atoms with Crippen molar-refractivity contribution in [2.75, 3.05) is 20.1 Å². The molecule has 1 aliphatic heterocycles. The van der Waals surface area contributed by atoms with Crippen LogP contribution < -0.4 is 5.32 Å². The van der Waals surface area contributed by atoms with Crippen LogP contribution in [0.15, 0.2) is 54.6 Å². The molecular weight excluding hydrogens is 386 g/mol. The number of rotatable bonds is 4. The van der Waals surface area contributed by atoms with E-state index in [1.165, 1.54) is 0 Å². The number of aromatic amines is 2. The molecule has 3 heterocycles. The van der Waals surface area contributed by atoms with Crippen LogP contribution in [0.3, 0.4) is 0 Å². The average Bonchev–Trinajstić information content (AvgIpc) is 3.37. The molecule has 3 N–H and O–H groups in total. The maximum Gasteiger partial charge on any atom is 0.253 e. The van der Waals surface area contributed by atoms with Crippen molar-refractivity contribution < 1.29 is 4.79 Å². The second kappa shape index (κ2) is 8.04. The zero-order valence-electron chi connectivity index (χ0n) is 17.9. The SMILES string of the molecule is Cc1[nH]c(-c2nc3ccccc3[nH]2)c(-c2ccccc2)c1C(=O)NC1CCN(C)CC1.